The summed E-state index contributed by atoms with van der Waals surface area (Å²) in [6.45, 7) is 0. The fraction of sp³-hybridized carbons (Fsp3) is 0.400. The van der Waals surface area contributed by atoms with E-state index in [0.29, 0.717) is 17.1 Å². The summed E-state index contributed by atoms with van der Waals surface area (Å²) in [5.74, 6) is -2.35. The largest absolute Gasteiger partial charge is 0.276 e. The fourth-order valence-electron chi connectivity index (χ4n) is 3.23. The van der Waals surface area contributed by atoms with Crippen molar-refractivity contribution in [1.82, 2.24) is 4.31 Å². The Morgan fingerprint density at radius 3 is 1.91 bits per heavy atom. The van der Waals surface area contributed by atoms with Crippen molar-refractivity contribution >= 4 is 38.7 Å². The van der Waals surface area contributed by atoms with Crippen molar-refractivity contribution in [3.8, 4) is 0 Å². The number of amides is 2. The summed E-state index contributed by atoms with van der Waals surface area (Å²) < 4.78 is 25.7. The number of carbonyl (C=O) groups is 3. The molecule has 1 saturated carbocycles. The third-order valence-electron chi connectivity index (χ3n) is 4.42. The molecule has 122 valence electrons. The molecule has 0 aromatic heterocycles. The molecule has 23 heavy (non-hydrogen) atoms. The number of fused-ring (bicyclic) bond motifs is 1. The number of carbonyl (C=O) groups excluding carboxylic acids is 3. The molecule has 1 aromatic carbocycles. The lowest BCUT2D eigenvalue weighted by molar-refractivity contribution is -0.133. The minimum atomic E-state index is -4.26. The minimum absolute atomic E-state index is 0.137. The third-order valence-corrected chi connectivity index (χ3v) is 6.35. The number of halogens is 1. The minimum Gasteiger partial charge on any atom is -0.276 e. The summed E-state index contributed by atoms with van der Waals surface area (Å²) in [7, 11) is -4.26. The molecule has 2 aliphatic rings. The van der Waals surface area contributed by atoms with Gasteiger partial charge in [-0.05, 0) is 48.7 Å². The fourth-order valence-corrected chi connectivity index (χ4v) is 4.79. The molecule has 1 aliphatic carbocycles. The van der Waals surface area contributed by atoms with Crippen LogP contribution in [0.5, 0.6) is 0 Å². The van der Waals surface area contributed by atoms with Gasteiger partial charge in [0, 0.05) is 5.56 Å². The van der Waals surface area contributed by atoms with E-state index < -0.39 is 38.9 Å². The van der Waals surface area contributed by atoms with Crippen LogP contribution >= 0.6 is 11.6 Å². The number of nitrogens with zero attached hydrogens (tertiary/aromatic N) is 1. The zero-order valence-corrected chi connectivity index (χ0v) is 13.6. The van der Waals surface area contributed by atoms with Gasteiger partial charge < -0.3 is 0 Å². The van der Waals surface area contributed by atoms with Crippen molar-refractivity contribution in [2.24, 2.45) is 11.8 Å². The topological polar surface area (TPSA) is 88.6 Å². The maximum atomic E-state index is 12.6. The van der Waals surface area contributed by atoms with Crippen molar-refractivity contribution in [3.63, 3.8) is 0 Å². The van der Waals surface area contributed by atoms with Crippen LogP contribution in [0.15, 0.2) is 29.2 Å². The predicted octanol–water partition coefficient (Wildman–Crippen LogP) is 1.93. The van der Waals surface area contributed by atoms with Crippen LogP contribution in [0.2, 0.25) is 0 Å². The van der Waals surface area contributed by atoms with Gasteiger partial charge in [-0.1, -0.05) is 12.8 Å². The van der Waals surface area contributed by atoms with E-state index in [4.69, 9.17) is 11.6 Å². The third kappa shape index (κ3) is 2.57. The standard InChI is InChI=1S/C15H14ClNO5S/c16-13(18)9-5-7-10(8-6-9)23(21,22)17-14(19)11-3-1-2-4-12(11)15(17)20/h5-8,11-12H,1-4H2. The Balaban J connectivity index is 1.97. The number of imide groups is 1. The SMILES string of the molecule is O=C(Cl)c1ccc(S(=O)(=O)N2C(=O)C3CCCCC3C2=O)cc1. The Hall–Kier alpha value is -1.73. The highest BCUT2D eigenvalue weighted by Gasteiger charge is 2.53. The lowest BCUT2D eigenvalue weighted by atomic mass is 9.81. The van der Waals surface area contributed by atoms with Gasteiger partial charge in [0.1, 0.15) is 0 Å². The summed E-state index contributed by atoms with van der Waals surface area (Å²) in [5, 5.41) is -0.715. The average Bonchev–Trinajstić information content (AvgIpc) is 2.80. The molecule has 0 bridgehead atoms. The highest BCUT2D eigenvalue weighted by atomic mass is 35.5. The van der Waals surface area contributed by atoms with Gasteiger partial charge in [0.05, 0.1) is 16.7 Å². The van der Waals surface area contributed by atoms with Gasteiger partial charge in [-0.25, -0.2) is 8.42 Å². The second kappa shape index (κ2) is 5.72. The Bertz CT molecular complexity index is 763. The van der Waals surface area contributed by atoms with Gasteiger partial charge in [0.15, 0.2) is 0 Å². The summed E-state index contributed by atoms with van der Waals surface area (Å²) >= 11 is 5.32. The molecule has 1 heterocycles. The quantitative estimate of drug-likeness (QED) is 0.610. The molecule has 8 heteroatoms. The first-order chi connectivity index (χ1) is 10.8. The molecule has 6 nitrogen and oxygen atoms in total. The number of hydrogen-bond donors (Lipinski definition) is 0. The Kier molecular flexibility index (Phi) is 4.01. The smallest absolute Gasteiger partial charge is 0.273 e. The van der Waals surface area contributed by atoms with E-state index in [1.165, 1.54) is 24.3 Å². The maximum absolute atomic E-state index is 12.6. The molecule has 0 spiro atoms. The van der Waals surface area contributed by atoms with Crippen molar-refractivity contribution < 1.29 is 22.8 Å². The number of benzene rings is 1. The summed E-state index contributed by atoms with van der Waals surface area (Å²) in [4.78, 5) is 35.6. The van der Waals surface area contributed by atoms with Gasteiger partial charge in [-0.2, -0.15) is 4.31 Å². The van der Waals surface area contributed by atoms with Crippen molar-refractivity contribution in [2.45, 2.75) is 30.6 Å². The molecule has 3 rings (SSSR count). The molecule has 1 saturated heterocycles. The lowest BCUT2D eigenvalue weighted by Crippen LogP contribution is -2.37. The summed E-state index contributed by atoms with van der Waals surface area (Å²) in [5.41, 5.74) is 0.137. The molecule has 2 unspecified atom stereocenters. The average molecular weight is 356 g/mol. The Morgan fingerprint density at radius 1 is 1.00 bits per heavy atom. The van der Waals surface area contributed by atoms with E-state index in [1.807, 2.05) is 0 Å². The molecule has 1 aliphatic heterocycles. The van der Waals surface area contributed by atoms with E-state index in [0.717, 1.165) is 12.8 Å². The second-order valence-electron chi connectivity index (χ2n) is 5.74. The monoisotopic (exact) mass is 355 g/mol. The van der Waals surface area contributed by atoms with Gasteiger partial charge in [0.25, 0.3) is 15.3 Å². The van der Waals surface area contributed by atoms with E-state index in [9.17, 15) is 22.8 Å². The molecule has 2 atom stereocenters. The molecule has 2 fully saturated rings. The van der Waals surface area contributed by atoms with Crippen LogP contribution in [0.25, 0.3) is 0 Å². The molecule has 1 aromatic rings. The highest BCUT2D eigenvalue weighted by molar-refractivity contribution is 7.90. The molecule has 2 amide bonds. The van der Waals surface area contributed by atoms with Gasteiger partial charge in [0.2, 0.25) is 11.8 Å². The van der Waals surface area contributed by atoms with Crippen LogP contribution in [0, 0.1) is 11.8 Å². The first kappa shape index (κ1) is 16.1. The van der Waals surface area contributed by atoms with Crippen LogP contribution in [0.3, 0.4) is 0 Å². The van der Waals surface area contributed by atoms with E-state index >= 15 is 0 Å². The van der Waals surface area contributed by atoms with Crippen LogP contribution in [-0.2, 0) is 19.6 Å². The van der Waals surface area contributed by atoms with Crippen molar-refractivity contribution in [3.05, 3.63) is 29.8 Å². The molecular weight excluding hydrogens is 342 g/mol. The van der Waals surface area contributed by atoms with E-state index in [1.54, 1.807) is 0 Å². The van der Waals surface area contributed by atoms with Crippen LogP contribution in [0.4, 0.5) is 0 Å². The van der Waals surface area contributed by atoms with E-state index in [2.05, 4.69) is 0 Å². The number of sulfonamides is 1. The summed E-state index contributed by atoms with van der Waals surface area (Å²) in [6.07, 6.45) is 2.73. The first-order valence-corrected chi connectivity index (χ1v) is 9.09. The van der Waals surface area contributed by atoms with Gasteiger partial charge in [-0.15, -0.1) is 0 Å². The molecule has 0 N–H and O–H groups in total. The van der Waals surface area contributed by atoms with Crippen molar-refractivity contribution in [2.75, 3.05) is 0 Å². The summed E-state index contributed by atoms with van der Waals surface area (Å²) in [6, 6.07) is 4.85. The molecule has 0 radical (unpaired) electrons. The molecular formula is C15H14ClNO5S. The van der Waals surface area contributed by atoms with Gasteiger partial charge in [-0.3, -0.25) is 14.4 Å². The Labute approximate surface area is 138 Å². The number of hydrogen-bond acceptors (Lipinski definition) is 5. The maximum Gasteiger partial charge on any atom is 0.273 e. The Morgan fingerprint density at radius 2 is 1.48 bits per heavy atom. The van der Waals surface area contributed by atoms with Crippen molar-refractivity contribution in [1.29, 1.82) is 0 Å². The zero-order chi connectivity index (χ0) is 16.8. The first-order valence-electron chi connectivity index (χ1n) is 7.27. The van der Waals surface area contributed by atoms with Crippen LogP contribution in [0.1, 0.15) is 36.0 Å². The van der Waals surface area contributed by atoms with Crippen LogP contribution < -0.4 is 0 Å². The van der Waals surface area contributed by atoms with Crippen LogP contribution in [-0.4, -0.2) is 29.8 Å². The highest BCUT2D eigenvalue weighted by Crippen LogP contribution is 2.40. The lowest BCUT2D eigenvalue weighted by Gasteiger charge is -2.19. The zero-order valence-electron chi connectivity index (χ0n) is 12.1. The van der Waals surface area contributed by atoms with Gasteiger partial charge >= 0.3 is 0 Å². The van der Waals surface area contributed by atoms with E-state index in [-0.39, 0.29) is 10.5 Å². The normalized spacial score (nSPS) is 24.7. The number of rotatable bonds is 3. The second-order valence-corrected chi connectivity index (χ2v) is 7.87. The predicted molar refractivity (Wildman–Crippen MR) is 81.1 cm³/mol.